The molecule has 1 saturated heterocycles. The van der Waals surface area contributed by atoms with E-state index in [4.69, 9.17) is 14.7 Å². The van der Waals surface area contributed by atoms with Gasteiger partial charge in [0.1, 0.15) is 11.4 Å². The lowest BCUT2D eigenvalue weighted by atomic mass is 9.95. The van der Waals surface area contributed by atoms with E-state index in [1.54, 1.807) is 9.80 Å². The van der Waals surface area contributed by atoms with Crippen LogP contribution < -0.4 is 9.64 Å². The predicted octanol–water partition coefficient (Wildman–Crippen LogP) is 3.98. The minimum absolute atomic E-state index is 0.00625. The van der Waals surface area contributed by atoms with E-state index in [9.17, 15) is 9.59 Å². The molecule has 0 saturated carbocycles. The molecule has 0 N–H and O–H groups in total. The second-order valence-electron chi connectivity index (χ2n) is 8.07. The van der Waals surface area contributed by atoms with Crippen LogP contribution in [-0.2, 0) is 9.53 Å². The monoisotopic (exact) mass is 401 g/mol. The van der Waals surface area contributed by atoms with E-state index in [-0.39, 0.29) is 24.3 Å². The molecule has 158 valence electrons. The standard InChI is InChI=1S/C22H31N3O4/c1-5-28-19-9-7-18(8-10-19)25(14-6-13-23)20(26)17-11-15-24(16-12-17)21(27)29-22(2,3)4/h7-10,17H,5-6,11-12,14-16H2,1-4H3. The van der Waals surface area contributed by atoms with Gasteiger partial charge in [-0.05, 0) is 64.8 Å². The van der Waals surface area contributed by atoms with Crippen molar-refractivity contribution >= 4 is 17.7 Å². The van der Waals surface area contributed by atoms with Crippen molar-refractivity contribution in [2.75, 3.05) is 31.1 Å². The third-order valence-corrected chi connectivity index (χ3v) is 4.67. The molecule has 0 radical (unpaired) electrons. The van der Waals surface area contributed by atoms with Gasteiger partial charge in [0.05, 0.1) is 19.1 Å². The van der Waals surface area contributed by atoms with E-state index >= 15 is 0 Å². The fraction of sp³-hybridized carbons (Fsp3) is 0.591. The molecular weight excluding hydrogens is 370 g/mol. The fourth-order valence-corrected chi connectivity index (χ4v) is 3.27. The third-order valence-electron chi connectivity index (χ3n) is 4.67. The number of carbonyl (C=O) groups excluding carboxylic acids is 2. The van der Waals surface area contributed by atoms with E-state index in [0.717, 1.165) is 11.4 Å². The number of anilines is 1. The second kappa shape index (κ2) is 10.1. The Morgan fingerprint density at radius 1 is 1.21 bits per heavy atom. The van der Waals surface area contributed by atoms with Gasteiger partial charge in [0.25, 0.3) is 0 Å². The molecule has 2 rings (SSSR count). The maximum Gasteiger partial charge on any atom is 0.410 e. The first kappa shape index (κ1) is 22.5. The summed E-state index contributed by atoms with van der Waals surface area (Å²) in [4.78, 5) is 28.7. The molecule has 1 aliphatic rings. The first-order valence-electron chi connectivity index (χ1n) is 10.1. The molecule has 1 aromatic rings. The first-order valence-corrected chi connectivity index (χ1v) is 10.1. The van der Waals surface area contributed by atoms with Gasteiger partial charge in [-0.3, -0.25) is 4.79 Å². The SMILES string of the molecule is CCOc1ccc(N(CCC#N)C(=O)C2CCN(C(=O)OC(C)(C)C)CC2)cc1. The Bertz CT molecular complexity index is 726. The van der Waals surface area contributed by atoms with E-state index in [2.05, 4.69) is 6.07 Å². The highest BCUT2D eigenvalue weighted by molar-refractivity contribution is 5.95. The fourth-order valence-electron chi connectivity index (χ4n) is 3.27. The van der Waals surface area contributed by atoms with Crippen LogP contribution in [0.4, 0.5) is 10.5 Å². The van der Waals surface area contributed by atoms with Gasteiger partial charge in [-0.2, -0.15) is 5.26 Å². The Labute approximate surface area is 173 Å². The number of carbonyl (C=O) groups is 2. The lowest BCUT2D eigenvalue weighted by Crippen LogP contribution is -2.46. The lowest BCUT2D eigenvalue weighted by Gasteiger charge is -2.35. The summed E-state index contributed by atoms with van der Waals surface area (Å²) in [5.74, 6) is 0.557. The molecule has 29 heavy (non-hydrogen) atoms. The molecule has 0 spiro atoms. The number of nitriles is 1. The molecule has 2 amide bonds. The average molecular weight is 402 g/mol. The molecule has 7 heteroatoms. The molecule has 0 aliphatic carbocycles. The van der Waals surface area contributed by atoms with Gasteiger partial charge >= 0.3 is 6.09 Å². The van der Waals surface area contributed by atoms with Gasteiger partial charge in [-0.1, -0.05) is 0 Å². The van der Waals surface area contributed by atoms with Gasteiger partial charge in [-0.25, -0.2) is 4.79 Å². The maximum atomic E-state index is 13.2. The predicted molar refractivity (Wildman–Crippen MR) is 111 cm³/mol. The van der Waals surface area contributed by atoms with Crippen LogP contribution in [0.3, 0.4) is 0 Å². The van der Waals surface area contributed by atoms with Crippen molar-refractivity contribution in [1.82, 2.24) is 4.90 Å². The van der Waals surface area contributed by atoms with E-state index < -0.39 is 5.60 Å². The number of likely N-dealkylation sites (tertiary alicyclic amines) is 1. The van der Waals surface area contributed by atoms with Crippen molar-refractivity contribution in [3.8, 4) is 11.8 Å². The molecule has 0 bridgehead atoms. The average Bonchev–Trinajstić information content (AvgIpc) is 2.68. The lowest BCUT2D eigenvalue weighted by molar-refractivity contribution is -0.123. The molecule has 1 fully saturated rings. The quantitative estimate of drug-likeness (QED) is 0.720. The zero-order valence-corrected chi connectivity index (χ0v) is 17.8. The molecule has 0 aromatic heterocycles. The third kappa shape index (κ3) is 6.67. The summed E-state index contributed by atoms with van der Waals surface area (Å²) >= 11 is 0. The second-order valence-corrected chi connectivity index (χ2v) is 8.07. The van der Waals surface area contributed by atoms with Crippen molar-refractivity contribution in [2.24, 2.45) is 5.92 Å². The highest BCUT2D eigenvalue weighted by Crippen LogP contribution is 2.26. The Morgan fingerprint density at radius 2 is 1.83 bits per heavy atom. The highest BCUT2D eigenvalue weighted by atomic mass is 16.6. The summed E-state index contributed by atoms with van der Waals surface area (Å²) in [7, 11) is 0. The van der Waals surface area contributed by atoms with E-state index in [1.165, 1.54) is 0 Å². The Kier molecular flexibility index (Phi) is 7.89. The number of rotatable bonds is 6. The number of hydrogen-bond donors (Lipinski definition) is 0. The Balaban J connectivity index is 2.03. The summed E-state index contributed by atoms with van der Waals surface area (Å²) in [6.07, 6.45) is 1.09. The number of benzene rings is 1. The smallest absolute Gasteiger partial charge is 0.410 e. The van der Waals surface area contributed by atoms with Crippen molar-refractivity contribution in [2.45, 2.75) is 52.6 Å². The van der Waals surface area contributed by atoms with Gasteiger partial charge in [0.15, 0.2) is 0 Å². The van der Waals surface area contributed by atoms with Crippen LogP contribution in [0.2, 0.25) is 0 Å². The van der Waals surface area contributed by atoms with Crippen LogP contribution in [0.1, 0.15) is 47.0 Å². The molecule has 7 nitrogen and oxygen atoms in total. The Hall–Kier alpha value is -2.75. The van der Waals surface area contributed by atoms with Crippen molar-refractivity contribution in [3.63, 3.8) is 0 Å². The van der Waals surface area contributed by atoms with E-state index in [1.807, 2.05) is 52.0 Å². The van der Waals surface area contributed by atoms with Gasteiger partial charge in [0, 0.05) is 31.2 Å². The summed E-state index contributed by atoms with van der Waals surface area (Å²) in [5, 5.41) is 8.99. The molecule has 1 heterocycles. The summed E-state index contributed by atoms with van der Waals surface area (Å²) in [6.45, 7) is 9.32. The molecule has 0 unspecified atom stereocenters. The minimum Gasteiger partial charge on any atom is -0.494 e. The molecule has 1 aliphatic heterocycles. The van der Waals surface area contributed by atoms with E-state index in [0.29, 0.717) is 39.1 Å². The van der Waals surface area contributed by atoms with Crippen LogP contribution in [-0.4, -0.2) is 48.7 Å². The van der Waals surface area contributed by atoms with Crippen molar-refractivity contribution in [1.29, 1.82) is 5.26 Å². The van der Waals surface area contributed by atoms with Crippen LogP contribution in [0.5, 0.6) is 5.75 Å². The summed E-state index contributed by atoms with van der Waals surface area (Å²) in [6, 6.07) is 9.46. The Morgan fingerprint density at radius 3 is 2.34 bits per heavy atom. The minimum atomic E-state index is -0.536. The van der Waals surface area contributed by atoms with Crippen molar-refractivity contribution < 1.29 is 19.1 Å². The van der Waals surface area contributed by atoms with Crippen LogP contribution >= 0.6 is 0 Å². The van der Waals surface area contributed by atoms with Crippen LogP contribution in [0.25, 0.3) is 0 Å². The number of ether oxygens (including phenoxy) is 2. The molecule has 1 aromatic carbocycles. The highest BCUT2D eigenvalue weighted by Gasteiger charge is 2.32. The zero-order chi connectivity index (χ0) is 21.4. The van der Waals surface area contributed by atoms with Gasteiger partial charge in [-0.15, -0.1) is 0 Å². The molecule has 0 atom stereocenters. The van der Waals surface area contributed by atoms with Crippen molar-refractivity contribution in [3.05, 3.63) is 24.3 Å². The summed E-state index contributed by atoms with van der Waals surface area (Å²) in [5.41, 5.74) is 0.217. The maximum absolute atomic E-state index is 13.2. The molecular formula is C22H31N3O4. The topological polar surface area (TPSA) is 82.9 Å². The first-order chi connectivity index (χ1) is 13.7. The number of amides is 2. The largest absolute Gasteiger partial charge is 0.494 e. The van der Waals surface area contributed by atoms with Crippen LogP contribution in [0, 0.1) is 17.2 Å². The van der Waals surface area contributed by atoms with Crippen LogP contribution in [0.15, 0.2) is 24.3 Å². The number of piperidine rings is 1. The number of hydrogen-bond acceptors (Lipinski definition) is 5. The number of nitrogens with zero attached hydrogens (tertiary/aromatic N) is 3. The van der Waals surface area contributed by atoms with Gasteiger partial charge in [0.2, 0.25) is 5.91 Å². The normalized spacial score (nSPS) is 14.8. The summed E-state index contributed by atoms with van der Waals surface area (Å²) < 4.78 is 10.9. The zero-order valence-electron chi connectivity index (χ0n) is 17.8. The van der Waals surface area contributed by atoms with Gasteiger partial charge < -0.3 is 19.3 Å².